The molecule has 2 amide bonds. The minimum Gasteiger partial charge on any atom is -0.497 e. The number of carbonyl (C=O) groups excluding carboxylic acids is 2. The molecule has 2 heterocycles. The fraction of sp³-hybridized carbons (Fsp3) is 0.0909. The molecule has 0 saturated carbocycles. The van der Waals surface area contributed by atoms with Crippen LogP contribution in [0.4, 0.5) is 0 Å². The maximum Gasteiger partial charge on any atom is 0.279 e. The first-order valence-corrected chi connectivity index (χ1v) is 11.3. The highest BCUT2D eigenvalue weighted by Gasteiger charge is 2.16. The molecule has 0 unspecified atom stereocenters. The van der Waals surface area contributed by atoms with E-state index in [1.807, 2.05) is 0 Å². The maximum absolute atomic E-state index is 13.3. The highest BCUT2D eigenvalue weighted by Crippen LogP contribution is 2.23. The molecule has 2 aromatic heterocycles. The average Bonchev–Trinajstić information content (AvgIpc) is 3.36. The number of ether oxygens (including phenoxy) is 1. The van der Waals surface area contributed by atoms with E-state index in [1.165, 1.54) is 15.9 Å². The van der Waals surface area contributed by atoms with Crippen molar-refractivity contribution in [1.29, 1.82) is 0 Å². The number of benzene rings is 2. The normalized spacial score (nSPS) is 10.7. The van der Waals surface area contributed by atoms with Gasteiger partial charge >= 0.3 is 0 Å². The minimum absolute atomic E-state index is 0.0561. The van der Waals surface area contributed by atoms with Crippen LogP contribution in [0.1, 0.15) is 9.67 Å². The van der Waals surface area contributed by atoms with Gasteiger partial charge in [-0.15, -0.1) is 11.3 Å². The van der Waals surface area contributed by atoms with Crippen molar-refractivity contribution in [2.75, 3.05) is 12.9 Å². The molecule has 0 atom stereocenters. The van der Waals surface area contributed by atoms with Crippen LogP contribution in [0.3, 0.4) is 0 Å². The number of fused-ring (bicyclic) bond motifs is 1. The second-order valence-corrected chi connectivity index (χ2v) is 8.41. The van der Waals surface area contributed by atoms with Gasteiger partial charge in [0.25, 0.3) is 11.5 Å². The van der Waals surface area contributed by atoms with Crippen molar-refractivity contribution in [2.45, 2.75) is 5.16 Å². The average molecular weight is 467 g/mol. The first kappa shape index (κ1) is 21.6. The Labute approximate surface area is 191 Å². The third kappa shape index (κ3) is 4.66. The number of nitrogens with zero attached hydrogens (tertiary/aromatic N) is 2. The summed E-state index contributed by atoms with van der Waals surface area (Å²) in [5, 5.41) is 2.59. The summed E-state index contributed by atoms with van der Waals surface area (Å²) in [6.07, 6.45) is 0. The zero-order valence-corrected chi connectivity index (χ0v) is 18.5. The quantitative estimate of drug-likeness (QED) is 0.257. The van der Waals surface area contributed by atoms with E-state index in [2.05, 4.69) is 15.8 Å². The van der Waals surface area contributed by atoms with Crippen LogP contribution in [-0.4, -0.2) is 34.2 Å². The molecule has 0 aliphatic heterocycles. The third-order valence-electron chi connectivity index (χ3n) is 4.45. The Hall–Kier alpha value is -3.63. The summed E-state index contributed by atoms with van der Waals surface area (Å²) >= 11 is 2.36. The summed E-state index contributed by atoms with van der Waals surface area (Å²) in [5.74, 6) is -0.290. The molecule has 0 fully saturated rings. The third-order valence-corrected chi connectivity index (χ3v) is 6.26. The van der Waals surface area contributed by atoms with E-state index >= 15 is 0 Å². The monoisotopic (exact) mass is 466 g/mol. The molecule has 0 spiro atoms. The lowest BCUT2D eigenvalue weighted by molar-refractivity contribution is -0.119. The Kier molecular flexibility index (Phi) is 6.52. The number of rotatable bonds is 6. The minimum atomic E-state index is -0.431. The SMILES string of the molecule is COc1cccc(-n2c(SCC(=O)NNC(=O)c3cccs3)nc3ccccc3c2=O)c1. The van der Waals surface area contributed by atoms with Crippen LogP contribution in [0.15, 0.2) is 76.0 Å². The maximum atomic E-state index is 13.3. The van der Waals surface area contributed by atoms with Crippen molar-refractivity contribution < 1.29 is 14.3 Å². The van der Waals surface area contributed by atoms with Crippen LogP contribution in [0.25, 0.3) is 16.6 Å². The Morgan fingerprint density at radius 3 is 2.72 bits per heavy atom. The fourth-order valence-electron chi connectivity index (χ4n) is 2.95. The number of hydrogen-bond acceptors (Lipinski definition) is 7. The fourth-order valence-corrected chi connectivity index (χ4v) is 4.38. The van der Waals surface area contributed by atoms with Gasteiger partial charge in [0.15, 0.2) is 5.16 Å². The number of aromatic nitrogens is 2. The number of hydrazine groups is 1. The summed E-state index contributed by atoms with van der Waals surface area (Å²) in [5.41, 5.74) is 5.61. The van der Waals surface area contributed by atoms with Crippen LogP contribution < -0.4 is 21.1 Å². The lowest BCUT2D eigenvalue weighted by Crippen LogP contribution is -2.42. The van der Waals surface area contributed by atoms with Gasteiger partial charge in [-0.3, -0.25) is 29.8 Å². The zero-order valence-electron chi connectivity index (χ0n) is 16.9. The summed E-state index contributed by atoms with van der Waals surface area (Å²) < 4.78 is 6.73. The van der Waals surface area contributed by atoms with Crippen molar-refractivity contribution in [3.8, 4) is 11.4 Å². The largest absolute Gasteiger partial charge is 0.497 e. The van der Waals surface area contributed by atoms with Crippen molar-refractivity contribution in [1.82, 2.24) is 20.4 Å². The number of amides is 2. The number of thiophene rings is 1. The molecule has 0 saturated heterocycles. The highest BCUT2D eigenvalue weighted by molar-refractivity contribution is 7.99. The smallest absolute Gasteiger partial charge is 0.279 e. The van der Waals surface area contributed by atoms with Crippen LogP contribution in [0, 0.1) is 0 Å². The number of methoxy groups -OCH3 is 1. The van der Waals surface area contributed by atoms with E-state index in [4.69, 9.17) is 4.74 Å². The van der Waals surface area contributed by atoms with Gasteiger partial charge in [0, 0.05) is 6.07 Å². The van der Waals surface area contributed by atoms with Gasteiger partial charge in [-0.2, -0.15) is 0 Å². The molecule has 10 heteroatoms. The van der Waals surface area contributed by atoms with Gasteiger partial charge in [-0.1, -0.05) is 36.0 Å². The van der Waals surface area contributed by atoms with Gasteiger partial charge in [-0.05, 0) is 35.7 Å². The standard InChI is InChI=1S/C22H18N4O4S2/c1-30-15-7-4-6-14(12-15)26-21(29)16-8-2-3-9-17(16)23-22(26)32-13-19(27)24-25-20(28)18-10-5-11-31-18/h2-12H,13H2,1H3,(H,24,27)(H,25,28). The van der Waals surface area contributed by atoms with Crippen molar-refractivity contribution >= 4 is 45.8 Å². The van der Waals surface area contributed by atoms with E-state index in [1.54, 1.807) is 73.2 Å². The van der Waals surface area contributed by atoms with E-state index in [0.29, 0.717) is 32.4 Å². The molecule has 4 rings (SSSR count). The number of nitrogens with one attached hydrogen (secondary N) is 2. The van der Waals surface area contributed by atoms with E-state index < -0.39 is 11.8 Å². The number of para-hydroxylation sites is 1. The molecule has 0 radical (unpaired) electrons. The molecule has 162 valence electrons. The molecule has 0 aliphatic rings. The van der Waals surface area contributed by atoms with Crippen molar-refractivity contribution in [3.63, 3.8) is 0 Å². The van der Waals surface area contributed by atoms with Gasteiger partial charge in [-0.25, -0.2) is 4.98 Å². The number of thioether (sulfide) groups is 1. The Bertz CT molecular complexity index is 1340. The first-order chi connectivity index (χ1) is 15.6. The van der Waals surface area contributed by atoms with Gasteiger partial charge in [0.2, 0.25) is 5.91 Å². The molecule has 32 heavy (non-hydrogen) atoms. The van der Waals surface area contributed by atoms with Crippen LogP contribution in [0.5, 0.6) is 5.75 Å². The highest BCUT2D eigenvalue weighted by atomic mass is 32.2. The second kappa shape index (κ2) is 9.67. The van der Waals surface area contributed by atoms with E-state index in [9.17, 15) is 14.4 Å². The molecule has 8 nitrogen and oxygen atoms in total. The van der Waals surface area contributed by atoms with Crippen molar-refractivity contribution in [3.05, 3.63) is 81.3 Å². The summed E-state index contributed by atoms with van der Waals surface area (Å²) in [4.78, 5) is 42.6. The zero-order chi connectivity index (χ0) is 22.5. The molecule has 0 bridgehead atoms. The van der Waals surface area contributed by atoms with E-state index in [0.717, 1.165) is 11.8 Å². The lowest BCUT2D eigenvalue weighted by atomic mass is 10.2. The van der Waals surface area contributed by atoms with E-state index in [-0.39, 0.29) is 11.3 Å². The molecule has 2 aromatic carbocycles. The van der Waals surface area contributed by atoms with Gasteiger partial charge in [0.1, 0.15) is 5.75 Å². The molecule has 0 aliphatic carbocycles. The van der Waals surface area contributed by atoms with Crippen molar-refractivity contribution in [2.24, 2.45) is 0 Å². The Morgan fingerprint density at radius 2 is 1.94 bits per heavy atom. The predicted molar refractivity (Wildman–Crippen MR) is 125 cm³/mol. The van der Waals surface area contributed by atoms with Crippen LogP contribution in [-0.2, 0) is 4.79 Å². The Balaban J connectivity index is 1.59. The first-order valence-electron chi connectivity index (χ1n) is 9.48. The molecular weight excluding hydrogens is 448 g/mol. The number of carbonyl (C=O) groups is 2. The summed E-state index contributed by atoms with van der Waals surface area (Å²) in [6, 6.07) is 17.5. The van der Waals surface area contributed by atoms with Gasteiger partial charge in [0.05, 0.1) is 34.3 Å². The summed E-state index contributed by atoms with van der Waals surface area (Å²) in [6.45, 7) is 0. The topological polar surface area (TPSA) is 102 Å². The van der Waals surface area contributed by atoms with Crippen LogP contribution >= 0.6 is 23.1 Å². The molecular formula is C22H18N4O4S2. The molecule has 4 aromatic rings. The van der Waals surface area contributed by atoms with Gasteiger partial charge < -0.3 is 4.74 Å². The predicted octanol–water partition coefficient (Wildman–Crippen LogP) is 3.01. The molecule has 2 N–H and O–H groups in total. The van der Waals surface area contributed by atoms with Crippen LogP contribution in [0.2, 0.25) is 0 Å². The lowest BCUT2D eigenvalue weighted by Gasteiger charge is -2.14. The summed E-state index contributed by atoms with van der Waals surface area (Å²) in [7, 11) is 1.55. The number of hydrogen-bond donors (Lipinski definition) is 2. The second-order valence-electron chi connectivity index (χ2n) is 6.52. The Morgan fingerprint density at radius 1 is 1.09 bits per heavy atom.